The smallest absolute Gasteiger partial charge is 0.161 e. The van der Waals surface area contributed by atoms with Crippen LogP contribution >= 0.6 is 34.2 Å². The molecule has 1 aromatic heterocycles. The Balaban J connectivity index is 2.50. The van der Waals surface area contributed by atoms with Gasteiger partial charge in [-0.25, -0.2) is 9.97 Å². The Morgan fingerprint density at radius 2 is 2.05 bits per heavy atom. The van der Waals surface area contributed by atoms with E-state index < -0.39 is 0 Å². The molecule has 0 aliphatic carbocycles. The Bertz CT molecular complexity index is 599. The molecule has 0 bridgehead atoms. The fourth-order valence-electron chi connectivity index (χ4n) is 1.79. The van der Waals surface area contributed by atoms with E-state index in [0.29, 0.717) is 22.6 Å². The van der Waals surface area contributed by atoms with Gasteiger partial charge in [0.05, 0.1) is 9.26 Å². The molecule has 19 heavy (non-hydrogen) atoms. The van der Waals surface area contributed by atoms with E-state index in [4.69, 9.17) is 17.3 Å². The maximum absolute atomic E-state index is 6.00. The average molecular weight is 388 g/mol. The number of benzene rings is 1. The molecule has 0 saturated heterocycles. The van der Waals surface area contributed by atoms with E-state index >= 15 is 0 Å². The summed E-state index contributed by atoms with van der Waals surface area (Å²) in [5.41, 5.74) is 7.87. The van der Waals surface area contributed by atoms with Crippen LogP contribution in [0.15, 0.2) is 24.3 Å². The molecule has 0 amide bonds. The predicted octanol–water partition coefficient (Wildman–Crippen LogP) is 4.18. The van der Waals surface area contributed by atoms with E-state index in [0.717, 1.165) is 21.2 Å². The number of nitrogens with two attached hydrogens (primary N) is 1. The van der Waals surface area contributed by atoms with Gasteiger partial charge in [-0.1, -0.05) is 37.6 Å². The fraction of sp³-hybridized carbons (Fsp3) is 0.286. The van der Waals surface area contributed by atoms with E-state index in [-0.39, 0.29) is 0 Å². The molecule has 2 rings (SSSR count). The van der Waals surface area contributed by atoms with Crippen LogP contribution in [0.4, 0.5) is 5.82 Å². The highest BCUT2D eigenvalue weighted by Gasteiger charge is 2.12. The van der Waals surface area contributed by atoms with Crippen LogP contribution in [-0.2, 0) is 6.42 Å². The normalized spacial score (nSPS) is 11.0. The Morgan fingerprint density at radius 1 is 1.32 bits per heavy atom. The number of hydrogen-bond acceptors (Lipinski definition) is 3. The largest absolute Gasteiger partial charge is 0.383 e. The monoisotopic (exact) mass is 387 g/mol. The van der Waals surface area contributed by atoms with Gasteiger partial charge in [0.1, 0.15) is 5.82 Å². The second-order valence-corrected chi connectivity index (χ2v) is 6.32. The fourth-order valence-corrected chi connectivity index (χ4v) is 2.44. The first kappa shape index (κ1) is 14.5. The summed E-state index contributed by atoms with van der Waals surface area (Å²) < 4.78 is 0.942. The van der Waals surface area contributed by atoms with Crippen molar-refractivity contribution < 1.29 is 0 Å². The Labute approximate surface area is 131 Å². The van der Waals surface area contributed by atoms with Crippen molar-refractivity contribution in [3.8, 4) is 11.4 Å². The van der Waals surface area contributed by atoms with Crippen molar-refractivity contribution >= 4 is 40.0 Å². The number of rotatable bonds is 3. The van der Waals surface area contributed by atoms with Crippen LogP contribution in [0.25, 0.3) is 11.4 Å². The van der Waals surface area contributed by atoms with Gasteiger partial charge in [0.25, 0.3) is 0 Å². The van der Waals surface area contributed by atoms with Crippen LogP contribution in [0.5, 0.6) is 0 Å². The topological polar surface area (TPSA) is 51.8 Å². The van der Waals surface area contributed by atoms with Crippen molar-refractivity contribution in [2.45, 2.75) is 20.3 Å². The highest BCUT2D eigenvalue weighted by atomic mass is 127. The zero-order chi connectivity index (χ0) is 14.0. The van der Waals surface area contributed by atoms with Crippen LogP contribution in [0, 0.1) is 9.49 Å². The number of aromatic nitrogens is 2. The lowest BCUT2D eigenvalue weighted by molar-refractivity contribution is 0.632. The first-order valence-corrected chi connectivity index (χ1v) is 7.51. The molecule has 0 saturated carbocycles. The lowest BCUT2D eigenvalue weighted by Crippen LogP contribution is -2.07. The van der Waals surface area contributed by atoms with Crippen molar-refractivity contribution in [3.05, 3.63) is 38.6 Å². The summed E-state index contributed by atoms with van der Waals surface area (Å²) >= 11 is 8.21. The Hall–Kier alpha value is -0.880. The SMILES string of the molecule is CC(C)Cc1nc(-c2cccc(Cl)c2)nc(N)c1I. The molecule has 3 nitrogen and oxygen atoms in total. The second-order valence-electron chi connectivity index (χ2n) is 4.80. The molecule has 0 atom stereocenters. The van der Waals surface area contributed by atoms with Gasteiger partial charge in [-0.2, -0.15) is 0 Å². The zero-order valence-electron chi connectivity index (χ0n) is 10.8. The van der Waals surface area contributed by atoms with Crippen molar-refractivity contribution in [2.24, 2.45) is 5.92 Å². The van der Waals surface area contributed by atoms with Gasteiger partial charge in [0, 0.05) is 10.6 Å². The van der Waals surface area contributed by atoms with Gasteiger partial charge in [-0.3, -0.25) is 0 Å². The molecule has 0 aliphatic rings. The van der Waals surface area contributed by atoms with Crippen LogP contribution in [-0.4, -0.2) is 9.97 Å². The van der Waals surface area contributed by atoms with Crippen molar-refractivity contribution in [1.82, 2.24) is 9.97 Å². The highest BCUT2D eigenvalue weighted by Crippen LogP contribution is 2.25. The third-order valence-electron chi connectivity index (χ3n) is 2.63. The minimum absolute atomic E-state index is 0.523. The van der Waals surface area contributed by atoms with Gasteiger partial charge >= 0.3 is 0 Å². The molecule has 0 spiro atoms. The molecule has 0 unspecified atom stereocenters. The third kappa shape index (κ3) is 3.57. The van der Waals surface area contributed by atoms with Gasteiger partial charge in [-0.05, 0) is 47.1 Å². The number of hydrogen-bond donors (Lipinski definition) is 1. The molecule has 0 fully saturated rings. The summed E-state index contributed by atoms with van der Waals surface area (Å²) in [6, 6.07) is 7.50. The lowest BCUT2D eigenvalue weighted by atomic mass is 10.1. The van der Waals surface area contributed by atoms with Crippen molar-refractivity contribution in [1.29, 1.82) is 0 Å². The summed E-state index contributed by atoms with van der Waals surface area (Å²) in [5, 5.41) is 0.670. The van der Waals surface area contributed by atoms with Crippen molar-refractivity contribution in [2.75, 3.05) is 5.73 Å². The molecule has 1 aromatic carbocycles. The minimum Gasteiger partial charge on any atom is -0.383 e. The number of nitrogens with zero attached hydrogens (tertiary/aromatic N) is 2. The maximum Gasteiger partial charge on any atom is 0.161 e. The van der Waals surface area contributed by atoms with Crippen LogP contribution in [0.3, 0.4) is 0 Å². The molecule has 1 heterocycles. The third-order valence-corrected chi connectivity index (χ3v) is 4.04. The van der Waals surface area contributed by atoms with Crippen molar-refractivity contribution in [3.63, 3.8) is 0 Å². The summed E-state index contributed by atoms with van der Waals surface area (Å²) in [6.07, 6.45) is 0.887. The summed E-state index contributed by atoms with van der Waals surface area (Å²) in [5.74, 6) is 1.69. The molecular weight excluding hydrogens is 373 g/mol. The quantitative estimate of drug-likeness (QED) is 0.804. The van der Waals surface area contributed by atoms with Gasteiger partial charge in [0.2, 0.25) is 0 Å². The van der Waals surface area contributed by atoms with Crippen LogP contribution in [0.2, 0.25) is 5.02 Å². The highest BCUT2D eigenvalue weighted by molar-refractivity contribution is 14.1. The summed E-state index contributed by atoms with van der Waals surface area (Å²) in [6.45, 7) is 4.32. The second kappa shape index (κ2) is 6.05. The predicted molar refractivity (Wildman–Crippen MR) is 88.1 cm³/mol. The number of halogens is 2. The molecule has 0 aliphatic heterocycles. The summed E-state index contributed by atoms with van der Waals surface area (Å²) in [4.78, 5) is 8.98. The molecule has 2 aromatic rings. The van der Waals surface area contributed by atoms with Gasteiger partial charge in [-0.15, -0.1) is 0 Å². The van der Waals surface area contributed by atoms with E-state index in [2.05, 4.69) is 46.4 Å². The first-order chi connectivity index (χ1) is 8.97. The van der Waals surface area contributed by atoms with E-state index in [1.54, 1.807) is 0 Å². The molecule has 0 radical (unpaired) electrons. The Kier molecular flexibility index (Phi) is 4.62. The molecule has 100 valence electrons. The maximum atomic E-state index is 6.00. The lowest BCUT2D eigenvalue weighted by Gasteiger charge is -2.11. The average Bonchev–Trinajstić information content (AvgIpc) is 2.34. The molecule has 5 heteroatoms. The van der Waals surface area contributed by atoms with Gasteiger partial charge in [0.15, 0.2) is 5.82 Å². The van der Waals surface area contributed by atoms with Gasteiger partial charge < -0.3 is 5.73 Å². The van der Waals surface area contributed by atoms with E-state index in [1.807, 2.05) is 24.3 Å². The van der Waals surface area contributed by atoms with Crippen LogP contribution < -0.4 is 5.73 Å². The number of anilines is 1. The molecular formula is C14H15ClIN3. The molecule has 2 N–H and O–H groups in total. The standard InChI is InChI=1S/C14H15ClIN3/c1-8(2)6-11-12(16)13(17)19-14(18-11)9-4-3-5-10(15)7-9/h3-5,7-8H,6H2,1-2H3,(H2,17,18,19). The Morgan fingerprint density at radius 3 is 2.68 bits per heavy atom. The van der Waals surface area contributed by atoms with E-state index in [1.165, 1.54) is 0 Å². The zero-order valence-corrected chi connectivity index (χ0v) is 13.7. The van der Waals surface area contributed by atoms with E-state index in [9.17, 15) is 0 Å². The minimum atomic E-state index is 0.523. The number of nitrogen functional groups attached to an aromatic ring is 1. The summed E-state index contributed by atoms with van der Waals surface area (Å²) in [7, 11) is 0. The van der Waals surface area contributed by atoms with Crippen LogP contribution in [0.1, 0.15) is 19.5 Å². The first-order valence-electron chi connectivity index (χ1n) is 6.05.